The smallest absolute Gasteiger partial charge is 0.321 e. The molecule has 0 spiro atoms. The van der Waals surface area contributed by atoms with Crippen molar-refractivity contribution in [1.82, 2.24) is 25.8 Å². The number of rotatable bonds is 5. The van der Waals surface area contributed by atoms with Gasteiger partial charge in [-0.2, -0.15) is 0 Å². The highest BCUT2D eigenvalue weighted by Gasteiger charge is 2.23. The first kappa shape index (κ1) is 19.5. The van der Waals surface area contributed by atoms with E-state index in [-0.39, 0.29) is 17.0 Å². The average Bonchev–Trinajstić information content (AvgIpc) is 3.34. The summed E-state index contributed by atoms with van der Waals surface area (Å²) in [5.74, 6) is 0.431. The second-order valence-electron chi connectivity index (χ2n) is 7.30. The van der Waals surface area contributed by atoms with Crippen LogP contribution in [-0.2, 0) is 4.79 Å². The Morgan fingerprint density at radius 3 is 2.93 bits per heavy atom. The molecule has 0 radical (unpaired) electrons. The van der Waals surface area contributed by atoms with Gasteiger partial charge in [-0.15, -0.1) is 10.2 Å². The zero-order chi connectivity index (χ0) is 20.2. The molecule has 0 bridgehead atoms. The predicted octanol–water partition coefficient (Wildman–Crippen LogP) is 3.71. The van der Waals surface area contributed by atoms with E-state index in [0.717, 1.165) is 47.5 Å². The van der Waals surface area contributed by atoms with Crippen LogP contribution < -0.4 is 10.6 Å². The Morgan fingerprint density at radius 1 is 1.24 bits per heavy atom. The minimum atomic E-state index is -0.445. The second kappa shape index (κ2) is 8.69. The third kappa shape index (κ3) is 4.61. The Hall–Kier alpha value is -2.81. The van der Waals surface area contributed by atoms with Gasteiger partial charge in [0.15, 0.2) is 0 Å². The predicted molar refractivity (Wildman–Crippen MR) is 110 cm³/mol. The fourth-order valence-electron chi connectivity index (χ4n) is 3.65. The number of amides is 3. The molecule has 29 heavy (non-hydrogen) atoms. The number of para-hydroxylation sites is 1. The SMILES string of the molecule is C[C@H]1CCCC[C@@H]1NC(=O)NC(=O)CSc1nnc(-c2c[nH]c3ccccc23)o1. The van der Waals surface area contributed by atoms with Crippen LogP contribution in [0.25, 0.3) is 22.4 Å². The second-order valence-corrected chi connectivity index (χ2v) is 8.23. The van der Waals surface area contributed by atoms with Crippen molar-refractivity contribution in [2.24, 2.45) is 5.92 Å². The lowest BCUT2D eigenvalue weighted by Gasteiger charge is -2.29. The molecule has 1 saturated carbocycles. The van der Waals surface area contributed by atoms with Crippen molar-refractivity contribution in [3.05, 3.63) is 30.5 Å². The van der Waals surface area contributed by atoms with E-state index in [4.69, 9.17) is 4.42 Å². The van der Waals surface area contributed by atoms with Crippen LogP contribution >= 0.6 is 11.8 Å². The van der Waals surface area contributed by atoms with Gasteiger partial charge in [0.05, 0.1) is 11.3 Å². The lowest BCUT2D eigenvalue weighted by Crippen LogP contribution is -2.48. The Morgan fingerprint density at radius 2 is 2.07 bits per heavy atom. The standard InChI is InChI=1S/C20H23N5O3S/c1-12-6-2-4-8-15(12)22-19(27)23-17(26)11-29-20-25-24-18(28-20)14-10-21-16-9-5-3-7-13(14)16/h3,5,7,9-10,12,15,21H,2,4,6,8,11H2,1H3,(H2,22,23,26,27)/t12-,15-/m0/s1. The molecule has 0 saturated heterocycles. The highest BCUT2D eigenvalue weighted by Crippen LogP contribution is 2.29. The van der Waals surface area contributed by atoms with Gasteiger partial charge in [0.2, 0.25) is 5.91 Å². The molecular weight excluding hydrogens is 390 g/mol. The van der Waals surface area contributed by atoms with E-state index in [1.807, 2.05) is 30.5 Å². The van der Waals surface area contributed by atoms with Crippen LogP contribution in [0.2, 0.25) is 0 Å². The fourth-order valence-corrected chi connectivity index (χ4v) is 4.21. The van der Waals surface area contributed by atoms with Crippen molar-refractivity contribution in [2.75, 3.05) is 5.75 Å². The van der Waals surface area contributed by atoms with E-state index in [0.29, 0.717) is 11.8 Å². The summed E-state index contributed by atoms with van der Waals surface area (Å²) in [6.07, 6.45) is 6.17. The van der Waals surface area contributed by atoms with Gasteiger partial charge >= 0.3 is 6.03 Å². The Labute approximate surface area is 172 Å². The van der Waals surface area contributed by atoms with Crippen LogP contribution in [0.15, 0.2) is 40.1 Å². The molecule has 0 aliphatic heterocycles. The molecule has 2 aromatic heterocycles. The number of hydrogen-bond donors (Lipinski definition) is 3. The summed E-state index contributed by atoms with van der Waals surface area (Å²) >= 11 is 1.10. The van der Waals surface area contributed by atoms with Crippen LogP contribution in [0.4, 0.5) is 4.79 Å². The molecule has 2 heterocycles. The van der Waals surface area contributed by atoms with Crippen molar-refractivity contribution < 1.29 is 14.0 Å². The largest absolute Gasteiger partial charge is 0.411 e. The van der Waals surface area contributed by atoms with E-state index < -0.39 is 11.9 Å². The number of hydrogen-bond acceptors (Lipinski definition) is 6. The number of fused-ring (bicyclic) bond motifs is 1. The molecule has 1 aliphatic carbocycles. The molecule has 0 unspecified atom stereocenters. The number of H-pyrrole nitrogens is 1. The van der Waals surface area contributed by atoms with E-state index in [2.05, 4.69) is 32.7 Å². The first-order chi connectivity index (χ1) is 14.1. The van der Waals surface area contributed by atoms with Gasteiger partial charge in [0.25, 0.3) is 11.1 Å². The summed E-state index contributed by atoms with van der Waals surface area (Å²) in [7, 11) is 0. The van der Waals surface area contributed by atoms with Gasteiger partial charge in [-0.3, -0.25) is 10.1 Å². The Bertz CT molecular complexity index is 1010. The van der Waals surface area contributed by atoms with Crippen molar-refractivity contribution in [3.63, 3.8) is 0 Å². The molecule has 3 amide bonds. The van der Waals surface area contributed by atoms with Crippen LogP contribution in [0.5, 0.6) is 0 Å². The summed E-state index contributed by atoms with van der Waals surface area (Å²) in [6, 6.07) is 7.50. The van der Waals surface area contributed by atoms with Gasteiger partial charge in [-0.1, -0.05) is 49.7 Å². The van der Waals surface area contributed by atoms with Gasteiger partial charge in [0, 0.05) is 23.1 Å². The summed E-state index contributed by atoms with van der Waals surface area (Å²) in [5, 5.41) is 14.6. The number of carbonyl (C=O) groups excluding carboxylic acids is 2. The molecule has 4 rings (SSSR count). The van der Waals surface area contributed by atoms with E-state index in [1.165, 1.54) is 6.42 Å². The number of urea groups is 1. The topological polar surface area (TPSA) is 113 Å². The van der Waals surface area contributed by atoms with Crippen molar-refractivity contribution in [2.45, 2.75) is 43.9 Å². The quantitative estimate of drug-likeness (QED) is 0.550. The summed E-state index contributed by atoms with van der Waals surface area (Å²) in [4.78, 5) is 27.3. The lowest BCUT2D eigenvalue weighted by atomic mass is 9.86. The van der Waals surface area contributed by atoms with Crippen LogP contribution in [0.1, 0.15) is 32.6 Å². The third-order valence-electron chi connectivity index (χ3n) is 5.23. The monoisotopic (exact) mass is 413 g/mol. The first-order valence-corrected chi connectivity index (χ1v) is 10.7. The maximum Gasteiger partial charge on any atom is 0.321 e. The minimum absolute atomic E-state index is 0.0170. The van der Waals surface area contributed by atoms with Crippen LogP contribution in [0, 0.1) is 5.92 Å². The number of carbonyl (C=O) groups is 2. The molecule has 3 aromatic rings. The van der Waals surface area contributed by atoms with E-state index in [9.17, 15) is 9.59 Å². The third-order valence-corrected chi connectivity index (χ3v) is 6.05. The van der Waals surface area contributed by atoms with E-state index in [1.54, 1.807) is 0 Å². The molecule has 8 nitrogen and oxygen atoms in total. The molecule has 3 N–H and O–H groups in total. The van der Waals surface area contributed by atoms with Crippen molar-refractivity contribution in [3.8, 4) is 11.5 Å². The summed E-state index contributed by atoms with van der Waals surface area (Å²) < 4.78 is 5.67. The number of nitrogens with one attached hydrogen (secondary N) is 3. The highest BCUT2D eigenvalue weighted by molar-refractivity contribution is 7.99. The van der Waals surface area contributed by atoms with Gasteiger partial charge < -0.3 is 14.7 Å². The van der Waals surface area contributed by atoms with Crippen molar-refractivity contribution >= 4 is 34.6 Å². The first-order valence-electron chi connectivity index (χ1n) is 9.73. The van der Waals surface area contributed by atoms with Crippen LogP contribution in [-0.4, -0.2) is 38.9 Å². The highest BCUT2D eigenvalue weighted by atomic mass is 32.2. The maximum atomic E-state index is 12.1. The Kier molecular flexibility index (Phi) is 5.84. The molecular formula is C20H23N5O3S. The minimum Gasteiger partial charge on any atom is -0.411 e. The van der Waals surface area contributed by atoms with Crippen LogP contribution in [0.3, 0.4) is 0 Å². The van der Waals surface area contributed by atoms with Gasteiger partial charge in [0.1, 0.15) is 0 Å². The number of thioether (sulfide) groups is 1. The summed E-state index contributed by atoms with van der Waals surface area (Å²) in [6.45, 7) is 2.13. The molecule has 2 atom stereocenters. The average molecular weight is 414 g/mol. The molecule has 152 valence electrons. The molecule has 1 aliphatic rings. The zero-order valence-electron chi connectivity index (χ0n) is 16.1. The summed E-state index contributed by atoms with van der Waals surface area (Å²) in [5.41, 5.74) is 1.79. The fraction of sp³-hybridized carbons (Fsp3) is 0.400. The number of aromatic amines is 1. The van der Waals surface area contributed by atoms with E-state index >= 15 is 0 Å². The Balaban J connectivity index is 1.29. The maximum absolute atomic E-state index is 12.1. The zero-order valence-corrected chi connectivity index (χ0v) is 16.9. The lowest BCUT2D eigenvalue weighted by molar-refractivity contribution is -0.117. The van der Waals surface area contributed by atoms with Crippen molar-refractivity contribution in [1.29, 1.82) is 0 Å². The normalized spacial score (nSPS) is 19.2. The number of imide groups is 1. The number of benzene rings is 1. The number of nitrogens with zero attached hydrogens (tertiary/aromatic N) is 2. The van der Waals surface area contributed by atoms with Gasteiger partial charge in [-0.25, -0.2) is 4.79 Å². The van der Waals surface area contributed by atoms with Gasteiger partial charge in [-0.05, 0) is 24.8 Å². The molecule has 9 heteroatoms. The molecule has 1 aromatic carbocycles. The molecule has 1 fully saturated rings. The number of aromatic nitrogens is 3.